The van der Waals surface area contributed by atoms with Crippen molar-refractivity contribution in [3.05, 3.63) is 10.1 Å². The molecule has 70 valence electrons. The second-order valence-corrected chi connectivity index (χ2v) is 2.73. The molecule has 5 nitrogen and oxygen atoms in total. The van der Waals surface area contributed by atoms with Crippen molar-refractivity contribution in [1.82, 2.24) is 0 Å². The maximum absolute atomic E-state index is 10.8. The van der Waals surface area contributed by atoms with Gasteiger partial charge in [-0.2, -0.15) is 0 Å². The molecule has 0 aromatic heterocycles. The molecule has 5 heteroatoms. The van der Waals surface area contributed by atoms with Crippen molar-refractivity contribution in [1.29, 1.82) is 0 Å². The van der Waals surface area contributed by atoms with Crippen LogP contribution in [0.5, 0.6) is 0 Å². The Morgan fingerprint density at radius 1 is 1.92 bits per heavy atom. The van der Waals surface area contributed by atoms with Gasteiger partial charge in [-0.05, 0) is 0 Å². The predicted octanol–water partition coefficient (Wildman–Crippen LogP) is 1.15. The number of hydrogen-bond acceptors (Lipinski definition) is 3. The summed E-state index contributed by atoms with van der Waals surface area (Å²) < 4.78 is 35.9. The van der Waals surface area contributed by atoms with Gasteiger partial charge in [0.05, 0.1) is 5.92 Å². The van der Waals surface area contributed by atoms with E-state index in [0.29, 0.717) is 0 Å². The molecule has 0 saturated carbocycles. The van der Waals surface area contributed by atoms with E-state index in [-0.39, 0.29) is 0 Å². The second-order valence-electron chi connectivity index (χ2n) is 2.73. The molecule has 0 aliphatic heterocycles. The highest BCUT2D eigenvalue weighted by Gasteiger charge is 2.34. The van der Waals surface area contributed by atoms with Gasteiger partial charge in [-0.25, -0.2) is 0 Å². The molecular formula is C7H13NO4. The molecule has 0 saturated heterocycles. The van der Waals surface area contributed by atoms with Gasteiger partial charge in [-0.3, -0.25) is 14.9 Å². The van der Waals surface area contributed by atoms with E-state index < -0.39 is 35.6 Å². The number of carboxylic acids is 1. The number of carboxylic acid groups (broad SMARTS) is 1. The van der Waals surface area contributed by atoms with Gasteiger partial charge >= 0.3 is 5.97 Å². The normalized spacial score (nSPS) is 22.3. The first-order chi connectivity index (χ1) is 7.26. The lowest BCUT2D eigenvalue weighted by Gasteiger charge is -2.17. The molecule has 0 radical (unpaired) electrons. The average Bonchev–Trinajstić information content (AvgIpc) is 1.97. The zero-order chi connectivity index (χ0) is 14.2. The summed E-state index contributed by atoms with van der Waals surface area (Å²) in [6.45, 7) is -1.45. The van der Waals surface area contributed by atoms with Gasteiger partial charge in [-0.1, -0.05) is 6.85 Å². The fourth-order valence-electron chi connectivity index (χ4n) is 0.468. The summed E-state index contributed by atoms with van der Waals surface area (Å²) in [5.74, 6) is -4.39. The van der Waals surface area contributed by atoms with Crippen molar-refractivity contribution in [3.63, 3.8) is 0 Å². The maximum atomic E-state index is 10.8. The topological polar surface area (TPSA) is 80.4 Å². The van der Waals surface area contributed by atoms with Crippen molar-refractivity contribution in [2.24, 2.45) is 5.92 Å². The van der Waals surface area contributed by atoms with Crippen molar-refractivity contribution in [2.45, 2.75) is 32.6 Å². The Hall–Kier alpha value is -1.13. The molecule has 0 rings (SSSR count). The monoisotopic (exact) mass is 180 g/mol. The standard InChI is InChI=1S/C7H13NO4/c1-5(6(9)10)4-7(2,3)8(11)12/h5H,4H2,1-3H3,(H,9,10)/t5-/m0/s1/i1D3,4D2. The Kier molecular flexibility index (Phi) is 1.40. The third kappa shape index (κ3) is 2.86. The van der Waals surface area contributed by atoms with Crippen LogP contribution in [0, 0.1) is 16.0 Å². The fraction of sp³-hybridized carbons (Fsp3) is 0.857. The molecule has 0 aromatic carbocycles. The summed E-state index contributed by atoms with van der Waals surface area (Å²) in [7, 11) is 0. The van der Waals surface area contributed by atoms with Gasteiger partial charge in [0.1, 0.15) is 0 Å². The molecule has 1 N–H and O–H groups in total. The van der Waals surface area contributed by atoms with Crippen LogP contribution in [0.4, 0.5) is 0 Å². The highest BCUT2D eigenvalue weighted by atomic mass is 16.6. The van der Waals surface area contributed by atoms with E-state index in [9.17, 15) is 14.9 Å². The number of rotatable bonds is 4. The maximum Gasteiger partial charge on any atom is 0.306 e. The van der Waals surface area contributed by atoms with Crippen LogP contribution in [-0.2, 0) is 4.79 Å². The molecule has 0 aliphatic rings. The van der Waals surface area contributed by atoms with Crippen LogP contribution in [0.2, 0.25) is 0 Å². The molecule has 0 amide bonds. The summed E-state index contributed by atoms with van der Waals surface area (Å²) in [5.41, 5.74) is -2.33. The smallest absolute Gasteiger partial charge is 0.306 e. The first kappa shape index (κ1) is 4.79. The summed E-state index contributed by atoms with van der Waals surface area (Å²) >= 11 is 0. The number of nitrogens with zero attached hydrogens (tertiary/aromatic N) is 1. The third-order valence-electron chi connectivity index (χ3n) is 1.20. The van der Waals surface area contributed by atoms with Crippen molar-refractivity contribution in [3.8, 4) is 0 Å². The van der Waals surface area contributed by atoms with Gasteiger partial charge in [0.2, 0.25) is 5.54 Å². The van der Waals surface area contributed by atoms with E-state index in [0.717, 1.165) is 13.8 Å². The van der Waals surface area contributed by atoms with E-state index in [1.54, 1.807) is 0 Å². The molecule has 0 aromatic rings. The molecule has 0 bridgehead atoms. The van der Waals surface area contributed by atoms with Gasteiger partial charge in [0, 0.05) is 32.0 Å². The molecule has 0 unspecified atom stereocenters. The lowest BCUT2D eigenvalue weighted by atomic mass is 9.92. The zero-order valence-electron chi connectivity index (χ0n) is 11.7. The first-order valence-corrected chi connectivity index (χ1v) is 3.13. The minimum atomic E-state index is -3.16. The summed E-state index contributed by atoms with van der Waals surface area (Å²) in [6.07, 6.45) is -3.02. The third-order valence-corrected chi connectivity index (χ3v) is 1.20. The molecule has 1 atom stereocenters. The lowest BCUT2D eigenvalue weighted by molar-refractivity contribution is -0.562. The van der Waals surface area contributed by atoms with Crippen LogP contribution in [-0.4, -0.2) is 21.5 Å². The minimum Gasteiger partial charge on any atom is -0.481 e. The number of nitro groups is 1. The highest BCUT2D eigenvalue weighted by Crippen LogP contribution is 2.19. The SMILES string of the molecule is [2H]C([2H])([2H])[C@H](C(=O)O)C([2H])([2H])C(C)(C)[N+](=O)[O-]. The summed E-state index contributed by atoms with van der Waals surface area (Å²) in [4.78, 5) is 20.5. The average molecular weight is 180 g/mol. The molecule has 0 aliphatic carbocycles. The van der Waals surface area contributed by atoms with E-state index >= 15 is 0 Å². The van der Waals surface area contributed by atoms with Crippen molar-refractivity contribution < 1.29 is 21.7 Å². The molecule has 0 heterocycles. The lowest BCUT2D eigenvalue weighted by Crippen LogP contribution is -2.34. The van der Waals surface area contributed by atoms with Gasteiger partial charge < -0.3 is 5.11 Å². The van der Waals surface area contributed by atoms with Crippen LogP contribution in [0.1, 0.15) is 33.9 Å². The fourth-order valence-corrected chi connectivity index (χ4v) is 0.468. The quantitative estimate of drug-likeness (QED) is 0.519. The Morgan fingerprint density at radius 3 is 2.67 bits per heavy atom. The van der Waals surface area contributed by atoms with Gasteiger partial charge in [0.15, 0.2) is 0 Å². The van der Waals surface area contributed by atoms with Crippen molar-refractivity contribution in [2.75, 3.05) is 0 Å². The number of carbonyl (C=O) groups is 1. The second kappa shape index (κ2) is 3.51. The van der Waals surface area contributed by atoms with E-state index in [4.69, 9.17) is 12.0 Å². The van der Waals surface area contributed by atoms with Gasteiger partial charge in [-0.15, -0.1) is 0 Å². The number of hydrogen-bond donors (Lipinski definition) is 1. The van der Waals surface area contributed by atoms with E-state index in [2.05, 4.69) is 0 Å². The van der Waals surface area contributed by atoms with E-state index in [1.165, 1.54) is 0 Å². The van der Waals surface area contributed by atoms with Gasteiger partial charge in [0.25, 0.3) is 0 Å². The Labute approximate surface area is 77.6 Å². The Morgan fingerprint density at radius 2 is 2.42 bits per heavy atom. The van der Waals surface area contributed by atoms with E-state index in [1.807, 2.05) is 0 Å². The summed E-state index contributed by atoms with van der Waals surface area (Å²) in [5, 5.41) is 19.5. The van der Waals surface area contributed by atoms with Crippen LogP contribution in [0.25, 0.3) is 0 Å². The zero-order valence-corrected chi connectivity index (χ0v) is 6.70. The first-order valence-electron chi connectivity index (χ1n) is 5.63. The predicted molar refractivity (Wildman–Crippen MR) is 42.5 cm³/mol. The van der Waals surface area contributed by atoms with Crippen LogP contribution < -0.4 is 0 Å². The molecular weight excluding hydrogens is 162 g/mol. The minimum absolute atomic E-state index is 0.856. The largest absolute Gasteiger partial charge is 0.481 e. The summed E-state index contributed by atoms with van der Waals surface area (Å²) in [6, 6.07) is 0. The molecule has 0 fully saturated rings. The van der Waals surface area contributed by atoms with Crippen LogP contribution >= 0.6 is 0 Å². The highest BCUT2D eigenvalue weighted by molar-refractivity contribution is 5.69. The Bertz CT molecular complexity index is 338. The van der Waals surface area contributed by atoms with Crippen LogP contribution in [0.15, 0.2) is 0 Å². The molecule has 12 heavy (non-hydrogen) atoms. The number of aliphatic carboxylic acids is 1. The molecule has 0 spiro atoms. The van der Waals surface area contributed by atoms with Crippen LogP contribution in [0.3, 0.4) is 0 Å². The van der Waals surface area contributed by atoms with Crippen molar-refractivity contribution >= 4 is 5.97 Å². The Balaban J connectivity index is 5.70.